The standard InChI is InChI=1S/C16H24N2O4S/c1-12-11-22-10-9-18(12)23(20,21)14-7-5-13(6-8-14)15(19)17-16(2,3)4/h5-8,12H,9-11H2,1-4H3,(H,17,19). The second kappa shape index (κ2) is 6.59. The van der Waals surface area contributed by atoms with Crippen LogP contribution in [0.15, 0.2) is 29.2 Å². The highest BCUT2D eigenvalue weighted by Crippen LogP contribution is 2.21. The normalized spacial score (nSPS) is 20.3. The average Bonchev–Trinajstić information content (AvgIpc) is 2.46. The summed E-state index contributed by atoms with van der Waals surface area (Å²) in [6.07, 6.45) is 0. The van der Waals surface area contributed by atoms with Crippen LogP contribution in [0.2, 0.25) is 0 Å². The van der Waals surface area contributed by atoms with Crippen LogP contribution in [-0.4, -0.2) is 50.0 Å². The Hall–Kier alpha value is -1.44. The van der Waals surface area contributed by atoms with Gasteiger partial charge >= 0.3 is 0 Å². The van der Waals surface area contributed by atoms with Crippen molar-refractivity contribution in [1.29, 1.82) is 0 Å². The predicted molar refractivity (Wildman–Crippen MR) is 87.8 cm³/mol. The molecule has 0 aromatic heterocycles. The fraction of sp³-hybridized carbons (Fsp3) is 0.562. The maximum Gasteiger partial charge on any atom is 0.251 e. The highest BCUT2D eigenvalue weighted by Gasteiger charge is 2.31. The van der Waals surface area contributed by atoms with Crippen LogP contribution in [0.25, 0.3) is 0 Å². The van der Waals surface area contributed by atoms with E-state index < -0.39 is 10.0 Å². The first-order valence-corrected chi connectivity index (χ1v) is 9.07. The lowest BCUT2D eigenvalue weighted by molar-refractivity contribution is 0.0393. The van der Waals surface area contributed by atoms with Crippen LogP contribution in [0, 0.1) is 0 Å². The van der Waals surface area contributed by atoms with E-state index >= 15 is 0 Å². The molecule has 1 N–H and O–H groups in total. The molecule has 0 spiro atoms. The molecule has 2 rings (SSSR count). The van der Waals surface area contributed by atoms with Crippen LogP contribution < -0.4 is 5.32 Å². The lowest BCUT2D eigenvalue weighted by atomic mass is 10.1. The molecule has 1 aromatic rings. The minimum atomic E-state index is -3.57. The SMILES string of the molecule is CC1COCCN1S(=O)(=O)c1ccc(C(=O)NC(C)(C)C)cc1. The van der Waals surface area contributed by atoms with Crippen LogP contribution in [-0.2, 0) is 14.8 Å². The number of rotatable bonds is 3. The van der Waals surface area contributed by atoms with Crippen molar-refractivity contribution in [3.8, 4) is 0 Å². The molecular formula is C16H24N2O4S. The molecule has 1 amide bonds. The maximum atomic E-state index is 12.7. The van der Waals surface area contributed by atoms with Gasteiger partial charge in [0.05, 0.1) is 18.1 Å². The van der Waals surface area contributed by atoms with E-state index in [0.29, 0.717) is 25.3 Å². The Morgan fingerprint density at radius 1 is 1.26 bits per heavy atom. The summed E-state index contributed by atoms with van der Waals surface area (Å²) in [5, 5.41) is 2.85. The van der Waals surface area contributed by atoms with Crippen LogP contribution in [0.5, 0.6) is 0 Å². The van der Waals surface area contributed by atoms with Gasteiger partial charge in [0.2, 0.25) is 10.0 Å². The van der Waals surface area contributed by atoms with Gasteiger partial charge < -0.3 is 10.1 Å². The van der Waals surface area contributed by atoms with Crippen molar-refractivity contribution in [1.82, 2.24) is 9.62 Å². The monoisotopic (exact) mass is 340 g/mol. The van der Waals surface area contributed by atoms with Gasteiger partial charge in [0.15, 0.2) is 0 Å². The highest BCUT2D eigenvalue weighted by molar-refractivity contribution is 7.89. The first-order chi connectivity index (χ1) is 10.6. The molecule has 0 bridgehead atoms. The number of hydrogen-bond acceptors (Lipinski definition) is 4. The molecule has 23 heavy (non-hydrogen) atoms. The number of amides is 1. The zero-order valence-electron chi connectivity index (χ0n) is 14.0. The van der Waals surface area contributed by atoms with E-state index in [0.717, 1.165) is 0 Å². The fourth-order valence-corrected chi connectivity index (χ4v) is 4.00. The highest BCUT2D eigenvalue weighted by atomic mass is 32.2. The topological polar surface area (TPSA) is 75.7 Å². The molecular weight excluding hydrogens is 316 g/mol. The number of morpholine rings is 1. The molecule has 1 aliphatic heterocycles. The summed E-state index contributed by atoms with van der Waals surface area (Å²) in [7, 11) is -3.57. The third kappa shape index (κ3) is 4.31. The smallest absolute Gasteiger partial charge is 0.251 e. The Morgan fingerprint density at radius 3 is 2.39 bits per heavy atom. The molecule has 1 saturated heterocycles. The Bertz CT molecular complexity index is 662. The summed E-state index contributed by atoms with van der Waals surface area (Å²) in [5.74, 6) is -0.221. The maximum absolute atomic E-state index is 12.7. The van der Waals surface area contributed by atoms with E-state index in [1.807, 2.05) is 27.7 Å². The van der Waals surface area contributed by atoms with E-state index in [9.17, 15) is 13.2 Å². The van der Waals surface area contributed by atoms with Crippen LogP contribution in [0.4, 0.5) is 0 Å². The van der Waals surface area contributed by atoms with Crippen molar-refractivity contribution in [3.63, 3.8) is 0 Å². The van der Waals surface area contributed by atoms with Gasteiger partial charge in [0.1, 0.15) is 0 Å². The van der Waals surface area contributed by atoms with E-state index in [4.69, 9.17) is 4.74 Å². The Labute approximate surface area is 137 Å². The van der Waals surface area contributed by atoms with E-state index in [-0.39, 0.29) is 22.4 Å². The lowest BCUT2D eigenvalue weighted by Gasteiger charge is -2.32. The second-order valence-electron chi connectivity index (χ2n) is 6.77. The second-order valence-corrected chi connectivity index (χ2v) is 8.66. The number of ether oxygens (including phenoxy) is 1. The number of carbonyl (C=O) groups is 1. The molecule has 1 aliphatic rings. The van der Waals surface area contributed by atoms with E-state index in [1.165, 1.54) is 16.4 Å². The first-order valence-electron chi connectivity index (χ1n) is 7.63. The molecule has 1 atom stereocenters. The summed E-state index contributed by atoms with van der Waals surface area (Å²) in [6, 6.07) is 5.85. The van der Waals surface area contributed by atoms with Crippen molar-refractivity contribution in [2.24, 2.45) is 0 Å². The number of hydrogen-bond donors (Lipinski definition) is 1. The van der Waals surface area contributed by atoms with Crippen LogP contribution in [0.1, 0.15) is 38.1 Å². The van der Waals surface area contributed by atoms with Gasteiger partial charge in [-0.25, -0.2) is 8.42 Å². The number of carbonyl (C=O) groups excluding carboxylic acids is 1. The quantitative estimate of drug-likeness (QED) is 0.907. The average molecular weight is 340 g/mol. The van der Waals surface area contributed by atoms with Crippen molar-refractivity contribution in [2.45, 2.75) is 44.2 Å². The van der Waals surface area contributed by atoms with Crippen molar-refractivity contribution >= 4 is 15.9 Å². The van der Waals surface area contributed by atoms with Gasteiger partial charge in [-0.2, -0.15) is 4.31 Å². The summed E-state index contributed by atoms with van der Waals surface area (Å²) >= 11 is 0. The molecule has 1 unspecified atom stereocenters. The molecule has 0 saturated carbocycles. The van der Waals surface area contributed by atoms with Gasteiger partial charge in [0, 0.05) is 23.7 Å². The van der Waals surface area contributed by atoms with Crippen LogP contribution >= 0.6 is 0 Å². The zero-order valence-corrected chi connectivity index (χ0v) is 14.8. The molecule has 0 radical (unpaired) electrons. The largest absolute Gasteiger partial charge is 0.378 e. The molecule has 1 heterocycles. The van der Waals surface area contributed by atoms with Gasteiger partial charge in [-0.3, -0.25) is 4.79 Å². The molecule has 0 aliphatic carbocycles. The summed E-state index contributed by atoms with van der Waals surface area (Å²) < 4.78 is 32.1. The number of sulfonamides is 1. The molecule has 6 nitrogen and oxygen atoms in total. The molecule has 128 valence electrons. The minimum absolute atomic E-state index is 0.193. The zero-order chi connectivity index (χ0) is 17.3. The lowest BCUT2D eigenvalue weighted by Crippen LogP contribution is -2.46. The van der Waals surface area contributed by atoms with Gasteiger partial charge in [-0.05, 0) is 52.0 Å². The first kappa shape index (κ1) is 17.9. The van der Waals surface area contributed by atoms with Gasteiger partial charge in [-0.1, -0.05) is 0 Å². The molecule has 1 fully saturated rings. The van der Waals surface area contributed by atoms with Crippen molar-refractivity contribution < 1.29 is 17.9 Å². The third-order valence-corrected chi connectivity index (χ3v) is 5.55. The Morgan fingerprint density at radius 2 is 1.87 bits per heavy atom. The number of benzene rings is 1. The Balaban J connectivity index is 2.20. The van der Waals surface area contributed by atoms with Gasteiger partial charge in [-0.15, -0.1) is 0 Å². The number of nitrogens with one attached hydrogen (secondary N) is 1. The minimum Gasteiger partial charge on any atom is -0.378 e. The van der Waals surface area contributed by atoms with Gasteiger partial charge in [0.25, 0.3) is 5.91 Å². The summed E-state index contributed by atoms with van der Waals surface area (Å²) in [5.41, 5.74) is 0.0966. The fourth-order valence-electron chi connectivity index (χ4n) is 2.40. The molecule has 7 heteroatoms. The third-order valence-electron chi connectivity index (χ3n) is 3.52. The predicted octanol–water partition coefficient (Wildman–Crippen LogP) is 1.62. The van der Waals surface area contributed by atoms with Crippen molar-refractivity contribution in [3.05, 3.63) is 29.8 Å². The van der Waals surface area contributed by atoms with Crippen LogP contribution in [0.3, 0.4) is 0 Å². The van der Waals surface area contributed by atoms with E-state index in [2.05, 4.69) is 5.32 Å². The van der Waals surface area contributed by atoms with Crippen molar-refractivity contribution in [2.75, 3.05) is 19.8 Å². The van der Waals surface area contributed by atoms with E-state index in [1.54, 1.807) is 12.1 Å². The number of nitrogens with zero attached hydrogens (tertiary/aromatic N) is 1. The Kier molecular flexibility index (Phi) is 5.13. The summed E-state index contributed by atoms with van der Waals surface area (Å²) in [6.45, 7) is 8.63. The summed E-state index contributed by atoms with van der Waals surface area (Å²) in [4.78, 5) is 12.3. The molecule has 1 aromatic carbocycles.